The predicted octanol–water partition coefficient (Wildman–Crippen LogP) is 3.12. The summed E-state index contributed by atoms with van der Waals surface area (Å²) in [6.07, 6.45) is -1.97. The Bertz CT molecular complexity index is 1130. The SMILES string of the molecule is O=C(COc1ccccc1)N[C@@H]1CO[C@@H]2[C@@H]1OC[C@H]2OC(=O)Nc1cccc2ccccc12. The van der Waals surface area contributed by atoms with Gasteiger partial charge in [0.25, 0.3) is 5.91 Å². The van der Waals surface area contributed by atoms with Crippen LogP contribution in [0.4, 0.5) is 10.5 Å². The molecule has 33 heavy (non-hydrogen) atoms. The van der Waals surface area contributed by atoms with Crippen molar-refractivity contribution >= 4 is 28.5 Å². The number of rotatable bonds is 6. The Morgan fingerprint density at radius 1 is 0.879 bits per heavy atom. The van der Waals surface area contributed by atoms with Crippen LogP contribution in [0.2, 0.25) is 0 Å². The summed E-state index contributed by atoms with van der Waals surface area (Å²) in [5.74, 6) is 0.353. The lowest BCUT2D eigenvalue weighted by atomic mass is 10.1. The van der Waals surface area contributed by atoms with Crippen molar-refractivity contribution in [1.29, 1.82) is 0 Å². The van der Waals surface area contributed by atoms with Crippen LogP contribution >= 0.6 is 0 Å². The minimum Gasteiger partial charge on any atom is -0.484 e. The van der Waals surface area contributed by atoms with Crippen molar-refractivity contribution in [3.8, 4) is 5.75 Å². The standard InChI is InChI=1S/C25H24N2O6/c28-22(15-30-17-9-2-1-3-10-17)26-20-13-31-24-21(14-32-23(20)24)33-25(29)27-19-12-6-8-16-7-4-5-11-18(16)19/h1-12,20-21,23-24H,13-15H2,(H,26,28)(H,27,29)/t20-,21-,23-,24+/m1/s1. The van der Waals surface area contributed by atoms with Gasteiger partial charge in [-0.2, -0.15) is 0 Å². The summed E-state index contributed by atoms with van der Waals surface area (Å²) in [7, 11) is 0. The molecule has 0 radical (unpaired) electrons. The molecule has 3 aromatic carbocycles. The van der Waals surface area contributed by atoms with E-state index in [4.69, 9.17) is 18.9 Å². The van der Waals surface area contributed by atoms with Crippen molar-refractivity contribution in [3.63, 3.8) is 0 Å². The summed E-state index contributed by atoms with van der Waals surface area (Å²) in [5, 5.41) is 7.64. The zero-order valence-electron chi connectivity index (χ0n) is 17.8. The molecule has 2 amide bonds. The van der Waals surface area contributed by atoms with Crippen molar-refractivity contribution in [3.05, 3.63) is 72.8 Å². The van der Waals surface area contributed by atoms with Gasteiger partial charge in [0.1, 0.15) is 18.0 Å². The monoisotopic (exact) mass is 448 g/mol. The van der Waals surface area contributed by atoms with Crippen LogP contribution in [0.25, 0.3) is 10.8 Å². The first-order valence-electron chi connectivity index (χ1n) is 10.8. The van der Waals surface area contributed by atoms with Crippen molar-refractivity contribution in [2.75, 3.05) is 25.1 Å². The third-order valence-corrected chi connectivity index (χ3v) is 5.75. The maximum atomic E-state index is 12.5. The number of ether oxygens (including phenoxy) is 4. The van der Waals surface area contributed by atoms with Gasteiger partial charge < -0.3 is 24.3 Å². The van der Waals surface area contributed by atoms with E-state index in [-0.39, 0.29) is 37.9 Å². The lowest BCUT2D eigenvalue weighted by Gasteiger charge is -2.18. The van der Waals surface area contributed by atoms with Gasteiger partial charge in [-0.05, 0) is 23.6 Å². The minimum absolute atomic E-state index is 0.106. The fourth-order valence-corrected chi connectivity index (χ4v) is 4.21. The molecule has 2 fully saturated rings. The first-order valence-corrected chi connectivity index (χ1v) is 10.8. The maximum absolute atomic E-state index is 12.5. The molecule has 170 valence electrons. The summed E-state index contributed by atoms with van der Waals surface area (Å²) in [6.45, 7) is 0.369. The van der Waals surface area contributed by atoms with E-state index in [1.165, 1.54) is 0 Å². The van der Waals surface area contributed by atoms with E-state index >= 15 is 0 Å². The van der Waals surface area contributed by atoms with E-state index in [2.05, 4.69) is 10.6 Å². The lowest BCUT2D eigenvalue weighted by Crippen LogP contribution is -2.46. The number of amides is 2. The van der Waals surface area contributed by atoms with E-state index in [1.807, 2.05) is 60.7 Å². The predicted molar refractivity (Wildman–Crippen MR) is 121 cm³/mol. The highest BCUT2D eigenvalue weighted by Crippen LogP contribution is 2.30. The number of carbonyl (C=O) groups is 2. The molecule has 8 nitrogen and oxygen atoms in total. The molecule has 5 rings (SSSR count). The third kappa shape index (κ3) is 4.76. The zero-order chi connectivity index (χ0) is 22.6. The van der Waals surface area contributed by atoms with Gasteiger partial charge in [0.15, 0.2) is 12.7 Å². The molecular formula is C25H24N2O6. The summed E-state index contributed by atoms with van der Waals surface area (Å²) in [6, 6.07) is 22.2. The maximum Gasteiger partial charge on any atom is 0.412 e. The molecule has 0 unspecified atom stereocenters. The quantitative estimate of drug-likeness (QED) is 0.602. The summed E-state index contributed by atoms with van der Waals surface area (Å²) < 4.78 is 22.7. The molecule has 0 bridgehead atoms. The van der Waals surface area contributed by atoms with Gasteiger partial charge in [0.2, 0.25) is 0 Å². The van der Waals surface area contributed by atoms with Gasteiger partial charge in [0, 0.05) is 5.39 Å². The van der Waals surface area contributed by atoms with Gasteiger partial charge in [-0.1, -0.05) is 54.6 Å². The van der Waals surface area contributed by atoms with Crippen LogP contribution in [0, 0.1) is 0 Å². The van der Waals surface area contributed by atoms with Gasteiger partial charge in [-0.15, -0.1) is 0 Å². The number of carbonyl (C=O) groups excluding carboxylic acids is 2. The highest BCUT2D eigenvalue weighted by atomic mass is 16.6. The van der Waals surface area contributed by atoms with Crippen molar-refractivity contribution in [2.24, 2.45) is 0 Å². The molecule has 4 atom stereocenters. The average molecular weight is 448 g/mol. The van der Waals surface area contributed by atoms with Crippen molar-refractivity contribution < 1.29 is 28.5 Å². The first kappa shape index (κ1) is 21.2. The second-order valence-corrected chi connectivity index (χ2v) is 7.97. The molecule has 0 spiro atoms. The van der Waals surface area contributed by atoms with Gasteiger partial charge in [0.05, 0.1) is 24.9 Å². The molecule has 2 N–H and O–H groups in total. The zero-order valence-corrected chi connectivity index (χ0v) is 17.8. The molecule has 8 heteroatoms. The van der Waals surface area contributed by atoms with E-state index in [0.29, 0.717) is 11.4 Å². The Labute approximate surface area is 190 Å². The van der Waals surface area contributed by atoms with Crippen LogP contribution in [-0.2, 0) is 19.0 Å². The Kier molecular flexibility index (Phi) is 6.10. The van der Waals surface area contributed by atoms with Crippen molar-refractivity contribution in [1.82, 2.24) is 5.32 Å². The molecule has 0 aliphatic carbocycles. The Hall–Kier alpha value is -3.62. The number of benzene rings is 3. The second-order valence-electron chi connectivity index (χ2n) is 7.97. The number of hydrogen-bond acceptors (Lipinski definition) is 6. The molecule has 0 aromatic heterocycles. The first-order chi connectivity index (χ1) is 16.2. The minimum atomic E-state index is -0.576. The topological polar surface area (TPSA) is 95.1 Å². The van der Waals surface area contributed by atoms with Crippen LogP contribution in [0.1, 0.15) is 0 Å². The Morgan fingerprint density at radius 2 is 1.64 bits per heavy atom. The summed E-state index contributed by atoms with van der Waals surface area (Å²) >= 11 is 0. The molecule has 3 aromatic rings. The number of para-hydroxylation sites is 1. The van der Waals surface area contributed by atoms with Crippen molar-refractivity contribution in [2.45, 2.75) is 24.4 Å². The van der Waals surface area contributed by atoms with Crippen LogP contribution in [-0.4, -0.2) is 56.2 Å². The fourth-order valence-electron chi connectivity index (χ4n) is 4.21. The van der Waals surface area contributed by atoms with E-state index in [9.17, 15) is 9.59 Å². The molecular weight excluding hydrogens is 424 g/mol. The van der Waals surface area contributed by atoms with E-state index < -0.39 is 18.3 Å². The number of hydrogen-bond donors (Lipinski definition) is 2. The van der Waals surface area contributed by atoms with Gasteiger partial charge in [-0.25, -0.2) is 4.79 Å². The van der Waals surface area contributed by atoms with Gasteiger partial charge >= 0.3 is 6.09 Å². The van der Waals surface area contributed by atoms with Gasteiger partial charge in [-0.3, -0.25) is 10.1 Å². The normalized spacial score (nSPS) is 23.6. The molecule has 2 heterocycles. The smallest absolute Gasteiger partial charge is 0.412 e. The molecule has 2 saturated heterocycles. The third-order valence-electron chi connectivity index (χ3n) is 5.75. The van der Waals surface area contributed by atoms with Crippen LogP contribution in [0.3, 0.4) is 0 Å². The van der Waals surface area contributed by atoms with E-state index in [0.717, 1.165) is 10.8 Å². The number of nitrogens with one attached hydrogen (secondary N) is 2. The molecule has 2 aliphatic rings. The number of fused-ring (bicyclic) bond motifs is 2. The largest absolute Gasteiger partial charge is 0.484 e. The second kappa shape index (κ2) is 9.48. The Morgan fingerprint density at radius 3 is 2.52 bits per heavy atom. The Balaban J connectivity index is 1.13. The highest BCUT2D eigenvalue weighted by molar-refractivity contribution is 6.00. The van der Waals surface area contributed by atoms with E-state index in [1.54, 1.807) is 12.1 Å². The van der Waals surface area contributed by atoms with Crippen LogP contribution < -0.4 is 15.4 Å². The van der Waals surface area contributed by atoms with Crippen LogP contribution in [0.5, 0.6) is 5.75 Å². The molecule has 0 saturated carbocycles. The molecule has 2 aliphatic heterocycles. The fraction of sp³-hybridized carbons (Fsp3) is 0.280. The van der Waals surface area contributed by atoms with Crippen LogP contribution in [0.15, 0.2) is 72.8 Å². The average Bonchev–Trinajstić information content (AvgIpc) is 3.42. The highest BCUT2D eigenvalue weighted by Gasteiger charge is 2.50. The lowest BCUT2D eigenvalue weighted by molar-refractivity contribution is -0.124. The summed E-state index contributed by atoms with van der Waals surface area (Å²) in [4.78, 5) is 24.8. The summed E-state index contributed by atoms with van der Waals surface area (Å²) in [5.41, 5.74) is 0.671. The number of anilines is 1.